The number of ketones is 1. The summed E-state index contributed by atoms with van der Waals surface area (Å²) in [5, 5.41) is 0.530. The minimum absolute atomic E-state index is 0.0755. The zero-order valence-electron chi connectivity index (χ0n) is 26.1. The number of Topliss-reactive ketones (excluding diaryl/α,β-unsaturated/α-hetero) is 1. The van der Waals surface area contributed by atoms with Crippen LogP contribution in [0.15, 0.2) is 42.6 Å². The summed E-state index contributed by atoms with van der Waals surface area (Å²) in [5.41, 5.74) is 2.30. The Balaban J connectivity index is 0.00000141. The number of likely N-dealkylation sites (N-methyl/N-ethyl adjacent to an activating group) is 1. The summed E-state index contributed by atoms with van der Waals surface area (Å²) < 4.78 is 20.6. The van der Waals surface area contributed by atoms with E-state index < -0.39 is 11.7 Å². The quantitative estimate of drug-likeness (QED) is 0.295. The van der Waals surface area contributed by atoms with Gasteiger partial charge < -0.3 is 19.1 Å². The number of benzene rings is 2. The molecule has 1 fully saturated rings. The van der Waals surface area contributed by atoms with E-state index in [1.807, 2.05) is 39.5 Å². The topological polar surface area (TPSA) is 75.1 Å². The van der Waals surface area contributed by atoms with Crippen LogP contribution in [-0.4, -0.2) is 83.2 Å². The van der Waals surface area contributed by atoms with Crippen molar-refractivity contribution in [1.29, 1.82) is 0 Å². The SMILES string of the molecule is CC.CC.COc1cc2c(cc1C(=O)N1CC(C)N(Cc3ccc(F)cc3)CC1C)c(C(=O)C(=O)N(C)C)cn2C. The van der Waals surface area contributed by atoms with Crippen LogP contribution in [0, 0.1) is 5.82 Å². The number of aryl methyl sites for hydroxylation is 1. The molecule has 41 heavy (non-hydrogen) atoms. The van der Waals surface area contributed by atoms with Gasteiger partial charge in [0.25, 0.3) is 17.6 Å². The van der Waals surface area contributed by atoms with Crippen molar-refractivity contribution in [3.05, 3.63) is 65.1 Å². The monoisotopic (exact) mass is 568 g/mol. The summed E-state index contributed by atoms with van der Waals surface area (Å²) >= 11 is 0. The number of halogens is 1. The molecule has 2 unspecified atom stereocenters. The summed E-state index contributed by atoms with van der Waals surface area (Å²) in [7, 11) is 6.35. The maximum atomic E-state index is 13.8. The highest BCUT2D eigenvalue weighted by Gasteiger charge is 2.34. The van der Waals surface area contributed by atoms with E-state index in [1.165, 1.54) is 38.2 Å². The Morgan fingerprint density at radius 1 is 0.951 bits per heavy atom. The predicted octanol–water partition coefficient (Wildman–Crippen LogP) is 5.38. The summed E-state index contributed by atoms with van der Waals surface area (Å²) in [6.07, 6.45) is 1.61. The lowest BCUT2D eigenvalue weighted by molar-refractivity contribution is -0.124. The van der Waals surface area contributed by atoms with E-state index in [2.05, 4.69) is 11.8 Å². The van der Waals surface area contributed by atoms with Gasteiger partial charge in [-0.2, -0.15) is 0 Å². The standard InChI is InChI=1S/C28H33FN4O4.2C2H6/c1-17-14-33(18(2)13-32(17)15-19-7-9-20(29)10-8-19)27(35)22-11-21-23(26(34)28(36)30(3)4)16-31(5)24(21)12-25(22)37-6;2*1-2/h7-12,16-18H,13-15H2,1-6H3;2*1-2H3. The van der Waals surface area contributed by atoms with Crippen LogP contribution >= 0.6 is 0 Å². The second-order valence-electron chi connectivity index (χ2n) is 9.96. The van der Waals surface area contributed by atoms with Gasteiger partial charge in [-0.1, -0.05) is 39.8 Å². The second kappa shape index (κ2) is 14.8. The molecule has 2 amide bonds. The molecule has 1 saturated heterocycles. The molecule has 3 aromatic rings. The lowest BCUT2D eigenvalue weighted by atomic mass is 10.0. The second-order valence-corrected chi connectivity index (χ2v) is 9.96. The fourth-order valence-electron chi connectivity index (χ4n) is 4.93. The molecule has 1 aliphatic rings. The Bertz CT molecular complexity index is 1350. The third-order valence-electron chi connectivity index (χ3n) is 7.06. The molecule has 0 saturated carbocycles. The minimum Gasteiger partial charge on any atom is -0.496 e. The normalized spacial score (nSPS) is 16.7. The molecule has 4 rings (SSSR count). The predicted molar refractivity (Wildman–Crippen MR) is 162 cm³/mol. The number of nitrogens with zero attached hydrogens (tertiary/aromatic N) is 4. The lowest BCUT2D eigenvalue weighted by Gasteiger charge is -2.44. The van der Waals surface area contributed by atoms with Crippen LogP contribution in [0.3, 0.4) is 0 Å². The van der Waals surface area contributed by atoms with E-state index in [1.54, 1.807) is 42.1 Å². The zero-order chi connectivity index (χ0) is 31.0. The molecule has 224 valence electrons. The first-order valence-corrected chi connectivity index (χ1v) is 14.2. The Kier molecular flexibility index (Phi) is 12.1. The number of ether oxygens (including phenoxy) is 1. The van der Waals surface area contributed by atoms with E-state index in [0.717, 1.165) is 5.56 Å². The van der Waals surface area contributed by atoms with Crippen molar-refractivity contribution in [2.75, 3.05) is 34.3 Å². The van der Waals surface area contributed by atoms with E-state index >= 15 is 0 Å². The molecule has 2 heterocycles. The van der Waals surface area contributed by atoms with Crippen molar-refractivity contribution in [2.24, 2.45) is 7.05 Å². The van der Waals surface area contributed by atoms with Gasteiger partial charge in [0.2, 0.25) is 0 Å². The minimum atomic E-state index is -0.629. The molecular weight excluding hydrogens is 523 g/mol. The van der Waals surface area contributed by atoms with Crippen molar-refractivity contribution >= 4 is 28.5 Å². The number of aromatic nitrogens is 1. The number of rotatable bonds is 6. The highest BCUT2D eigenvalue weighted by atomic mass is 19.1. The van der Waals surface area contributed by atoms with Crippen LogP contribution in [0.1, 0.15) is 67.8 Å². The maximum Gasteiger partial charge on any atom is 0.294 e. The Labute approximate surface area is 243 Å². The fourth-order valence-corrected chi connectivity index (χ4v) is 4.93. The van der Waals surface area contributed by atoms with Gasteiger partial charge in [0.05, 0.1) is 23.8 Å². The van der Waals surface area contributed by atoms with E-state index in [4.69, 9.17) is 4.74 Å². The first-order chi connectivity index (χ1) is 19.5. The van der Waals surface area contributed by atoms with Gasteiger partial charge in [0.1, 0.15) is 11.6 Å². The maximum absolute atomic E-state index is 13.8. The molecule has 0 radical (unpaired) electrons. The number of methoxy groups -OCH3 is 1. The van der Waals surface area contributed by atoms with Crippen LogP contribution in [0.4, 0.5) is 4.39 Å². The van der Waals surface area contributed by atoms with Crippen molar-refractivity contribution in [3.8, 4) is 5.75 Å². The molecule has 1 aliphatic heterocycles. The molecular formula is C32H45FN4O4. The molecule has 1 aromatic heterocycles. The summed E-state index contributed by atoms with van der Waals surface area (Å²) in [6, 6.07) is 9.87. The van der Waals surface area contributed by atoms with Crippen molar-refractivity contribution < 1.29 is 23.5 Å². The van der Waals surface area contributed by atoms with Crippen LogP contribution in [0.25, 0.3) is 10.9 Å². The third-order valence-corrected chi connectivity index (χ3v) is 7.06. The molecule has 0 spiro atoms. The third kappa shape index (κ3) is 7.33. The molecule has 0 N–H and O–H groups in total. The smallest absolute Gasteiger partial charge is 0.294 e. The molecule has 0 bridgehead atoms. The average molecular weight is 569 g/mol. The van der Waals surface area contributed by atoms with E-state index in [-0.39, 0.29) is 29.4 Å². The van der Waals surface area contributed by atoms with Crippen LogP contribution in [0.5, 0.6) is 5.75 Å². The Hall–Kier alpha value is -3.72. The van der Waals surface area contributed by atoms with Gasteiger partial charge in [-0.25, -0.2) is 4.39 Å². The Morgan fingerprint density at radius 3 is 2.12 bits per heavy atom. The number of amides is 2. The van der Waals surface area contributed by atoms with Crippen molar-refractivity contribution in [3.63, 3.8) is 0 Å². The highest BCUT2D eigenvalue weighted by Crippen LogP contribution is 2.32. The number of carbonyl (C=O) groups is 3. The molecule has 8 nitrogen and oxygen atoms in total. The largest absolute Gasteiger partial charge is 0.496 e. The van der Waals surface area contributed by atoms with Gasteiger partial charge in [-0.05, 0) is 37.6 Å². The van der Waals surface area contributed by atoms with E-state index in [9.17, 15) is 18.8 Å². The number of hydrogen-bond donors (Lipinski definition) is 0. The highest BCUT2D eigenvalue weighted by molar-refractivity contribution is 6.44. The fraction of sp³-hybridized carbons (Fsp3) is 0.469. The van der Waals surface area contributed by atoms with Gasteiger partial charge in [-0.3, -0.25) is 19.3 Å². The van der Waals surface area contributed by atoms with Crippen molar-refractivity contribution in [1.82, 2.24) is 19.3 Å². The average Bonchev–Trinajstić information content (AvgIpc) is 3.31. The molecule has 0 aliphatic carbocycles. The summed E-state index contributed by atoms with van der Waals surface area (Å²) in [4.78, 5) is 44.5. The Morgan fingerprint density at radius 2 is 1.56 bits per heavy atom. The zero-order valence-corrected chi connectivity index (χ0v) is 26.1. The van der Waals surface area contributed by atoms with Crippen LogP contribution in [0.2, 0.25) is 0 Å². The van der Waals surface area contributed by atoms with Gasteiger partial charge in [-0.15, -0.1) is 0 Å². The summed E-state index contributed by atoms with van der Waals surface area (Å²) in [5.74, 6) is -1.31. The van der Waals surface area contributed by atoms with Gasteiger partial charge in [0, 0.05) is 70.5 Å². The number of hydrogen-bond acceptors (Lipinski definition) is 5. The molecule has 2 aromatic carbocycles. The molecule has 9 heteroatoms. The first kappa shape index (κ1) is 33.5. The summed E-state index contributed by atoms with van der Waals surface area (Å²) in [6.45, 7) is 13.9. The van der Waals surface area contributed by atoms with Crippen LogP contribution in [-0.2, 0) is 18.4 Å². The molecule has 2 atom stereocenters. The van der Waals surface area contributed by atoms with E-state index in [0.29, 0.717) is 41.9 Å². The number of piperazine rings is 1. The van der Waals surface area contributed by atoms with Crippen LogP contribution < -0.4 is 4.74 Å². The first-order valence-electron chi connectivity index (χ1n) is 14.2. The van der Waals surface area contributed by atoms with Gasteiger partial charge >= 0.3 is 0 Å². The van der Waals surface area contributed by atoms with Gasteiger partial charge in [0.15, 0.2) is 0 Å². The number of carbonyl (C=O) groups excluding carboxylic acids is 3. The van der Waals surface area contributed by atoms with Crippen molar-refractivity contribution in [2.45, 2.75) is 60.2 Å². The number of fused-ring (bicyclic) bond motifs is 1. The lowest BCUT2D eigenvalue weighted by Crippen LogP contribution is -2.57.